The standard InChI is InChI=1S/C21H25NO3S/c1-22(20-14-13-18-11-5-6-12-19(18)20)21(23)16-26(24,25)15-7-10-17-8-3-2-4-9-17/h2-6,8-9,11-12,20H,7,10,13-16H2,1H3/t20-/m0/s1. The quantitative estimate of drug-likeness (QED) is 0.751. The highest BCUT2D eigenvalue weighted by molar-refractivity contribution is 7.92. The molecular formula is C21H25NO3S. The minimum atomic E-state index is -3.39. The second kappa shape index (κ2) is 8.04. The maximum Gasteiger partial charge on any atom is 0.238 e. The summed E-state index contributed by atoms with van der Waals surface area (Å²) in [5.74, 6) is -0.675. The Hall–Kier alpha value is -2.14. The zero-order chi connectivity index (χ0) is 18.6. The fourth-order valence-corrected chi connectivity index (χ4v) is 4.92. The number of hydrogen-bond donors (Lipinski definition) is 0. The minimum absolute atomic E-state index is 0.0155. The minimum Gasteiger partial charge on any atom is -0.338 e. The molecule has 0 saturated carbocycles. The summed E-state index contributed by atoms with van der Waals surface area (Å²) < 4.78 is 24.7. The molecule has 0 N–H and O–H groups in total. The Morgan fingerprint density at radius 3 is 2.54 bits per heavy atom. The topological polar surface area (TPSA) is 54.5 Å². The first kappa shape index (κ1) is 18.6. The first-order valence-electron chi connectivity index (χ1n) is 9.04. The molecule has 0 aliphatic heterocycles. The molecule has 26 heavy (non-hydrogen) atoms. The third-order valence-corrected chi connectivity index (χ3v) is 6.67. The van der Waals surface area contributed by atoms with Crippen molar-refractivity contribution in [2.24, 2.45) is 0 Å². The Morgan fingerprint density at radius 1 is 1.08 bits per heavy atom. The summed E-state index contributed by atoms with van der Waals surface area (Å²) in [6, 6.07) is 17.9. The molecule has 2 aromatic rings. The van der Waals surface area contributed by atoms with Gasteiger partial charge in [-0.05, 0) is 42.4 Å². The third kappa shape index (κ3) is 4.52. The fraction of sp³-hybridized carbons (Fsp3) is 0.381. The van der Waals surface area contributed by atoms with Crippen molar-refractivity contribution < 1.29 is 13.2 Å². The normalized spacial score (nSPS) is 16.3. The molecule has 2 aromatic carbocycles. The van der Waals surface area contributed by atoms with Gasteiger partial charge < -0.3 is 4.90 Å². The number of amides is 1. The molecule has 0 unspecified atom stereocenters. The van der Waals surface area contributed by atoms with Crippen LogP contribution in [0.4, 0.5) is 0 Å². The van der Waals surface area contributed by atoms with Gasteiger partial charge in [-0.15, -0.1) is 0 Å². The Morgan fingerprint density at radius 2 is 1.77 bits per heavy atom. The highest BCUT2D eigenvalue weighted by Crippen LogP contribution is 2.34. The van der Waals surface area contributed by atoms with E-state index in [1.165, 1.54) is 5.56 Å². The number of hydrogen-bond acceptors (Lipinski definition) is 3. The van der Waals surface area contributed by atoms with Crippen molar-refractivity contribution in [3.8, 4) is 0 Å². The van der Waals surface area contributed by atoms with Gasteiger partial charge in [0.05, 0.1) is 11.8 Å². The molecule has 0 saturated heterocycles. The van der Waals surface area contributed by atoms with Gasteiger partial charge >= 0.3 is 0 Å². The lowest BCUT2D eigenvalue weighted by Gasteiger charge is -2.25. The van der Waals surface area contributed by atoms with Gasteiger partial charge in [0.25, 0.3) is 0 Å². The molecule has 1 aliphatic rings. The molecule has 0 fully saturated rings. The van der Waals surface area contributed by atoms with E-state index in [1.807, 2.05) is 48.5 Å². The average molecular weight is 372 g/mol. The van der Waals surface area contributed by atoms with E-state index in [9.17, 15) is 13.2 Å². The summed E-state index contributed by atoms with van der Waals surface area (Å²) >= 11 is 0. The zero-order valence-electron chi connectivity index (χ0n) is 15.1. The van der Waals surface area contributed by atoms with E-state index in [4.69, 9.17) is 0 Å². The van der Waals surface area contributed by atoms with Crippen molar-refractivity contribution in [1.29, 1.82) is 0 Å². The van der Waals surface area contributed by atoms with Crippen molar-refractivity contribution in [2.45, 2.75) is 31.7 Å². The zero-order valence-corrected chi connectivity index (χ0v) is 15.9. The molecule has 4 nitrogen and oxygen atoms in total. The van der Waals surface area contributed by atoms with Crippen molar-refractivity contribution in [3.63, 3.8) is 0 Å². The third-order valence-electron chi connectivity index (χ3n) is 5.07. The van der Waals surface area contributed by atoms with E-state index < -0.39 is 15.6 Å². The van der Waals surface area contributed by atoms with Crippen LogP contribution in [-0.2, 0) is 27.5 Å². The number of aryl methyl sites for hydroxylation is 2. The lowest BCUT2D eigenvalue weighted by atomic mass is 10.1. The van der Waals surface area contributed by atoms with Crippen LogP contribution in [-0.4, -0.2) is 37.8 Å². The van der Waals surface area contributed by atoms with Crippen LogP contribution in [0, 0.1) is 0 Å². The molecule has 3 rings (SSSR count). The van der Waals surface area contributed by atoms with E-state index in [2.05, 4.69) is 6.07 Å². The molecule has 0 aromatic heterocycles. The van der Waals surface area contributed by atoms with Crippen LogP contribution in [0.15, 0.2) is 54.6 Å². The molecule has 138 valence electrons. The number of rotatable bonds is 7. The molecule has 1 atom stereocenters. The maximum absolute atomic E-state index is 12.5. The lowest BCUT2D eigenvalue weighted by Crippen LogP contribution is -2.35. The van der Waals surface area contributed by atoms with E-state index in [1.54, 1.807) is 11.9 Å². The average Bonchev–Trinajstić information content (AvgIpc) is 3.05. The largest absolute Gasteiger partial charge is 0.338 e. The maximum atomic E-state index is 12.5. The SMILES string of the molecule is CN(C(=O)CS(=O)(=O)CCCc1ccccc1)[C@H]1CCc2ccccc21. The van der Waals surface area contributed by atoms with Gasteiger partial charge in [0, 0.05) is 7.05 Å². The van der Waals surface area contributed by atoms with Crippen LogP contribution in [0.3, 0.4) is 0 Å². The summed E-state index contributed by atoms with van der Waals surface area (Å²) in [5, 5.41) is 0. The monoisotopic (exact) mass is 371 g/mol. The predicted molar refractivity (Wildman–Crippen MR) is 104 cm³/mol. The number of fused-ring (bicyclic) bond motifs is 1. The summed E-state index contributed by atoms with van der Waals surface area (Å²) in [6.07, 6.45) is 3.04. The molecule has 0 heterocycles. The molecule has 0 spiro atoms. The first-order valence-corrected chi connectivity index (χ1v) is 10.9. The Labute approximate surface area is 155 Å². The number of sulfone groups is 1. The fourth-order valence-electron chi connectivity index (χ4n) is 3.61. The summed E-state index contributed by atoms with van der Waals surface area (Å²) in [6.45, 7) is 0. The highest BCUT2D eigenvalue weighted by Gasteiger charge is 2.30. The molecular weight excluding hydrogens is 346 g/mol. The number of carbonyl (C=O) groups is 1. The Kier molecular flexibility index (Phi) is 5.77. The predicted octanol–water partition coefficient (Wildman–Crippen LogP) is 3.18. The van der Waals surface area contributed by atoms with E-state index in [-0.39, 0.29) is 17.7 Å². The van der Waals surface area contributed by atoms with Gasteiger partial charge in [-0.1, -0.05) is 54.6 Å². The molecule has 5 heteroatoms. The summed E-state index contributed by atoms with van der Waals surface area (Å²) in [7, 11) is -1.68. The van der Waals surface area contributed by atoms with E-state index in [0.29, 0.717) is 12.8 Å². The van der Waals surface area contributed by atoms with Gasteiger partial charge in [-0.25, -0.2) is 8.42 Å². The van der Waals surface area contributed by atoms with Crippen LogP contribution in [0.1, 0.15) is 35.6 Å². The van der Waals surface area contributed by atoms with Crippen LogP contribution in [0.2, 0.25) is 0 Å². The smallest absolute Gasteiger partial charge is 0.238 e. The van der Waals surface area contributed by atoms with Crippen LogP contribution >= 0.6 is 0 Å². The molecule has 0 bridgehead atoms. The van der Waals surface area contributed by atoms with Gasteiger partial charge in [-0.3, -0.25) is 4.79 Å². The second-order valence-electron chi connectivity index (χ2n) is 6.94. The lowest BCUT2D eigenvalue weighted by molar-refractivity contribution is -0.129. The van der Waals surface area contributed by atoms with Gasteiger partial charge in [0.2, 0.25) is 5.91 Å². The van der Waals surface area contributed by atoms with Gasteiger partial charge in [0.1, 0.15) is 5.75 Å². The van der Waals surface area contributed by atoms with Crippen LogP contribution in [0.25, 0.3) is 0 Å². The number of nitrogens with zero attached hydrogens (tertiary/aromatic N) is 1. The summed E-state index contributed by atoms with van der Waals surface area (Å²) in [4.78, 5) is 14.1. The molecule has 1 amide bonds. The first-order chi connectivity index (χ1) is 12.5. The molecule has 1 aliphatic carbocycles. The number of benzene rings is 2. The van der Waals surface area contributed by atoms with Crippen molar-refractivity contribution in [2.75, 3.05) is 18.6 Å². The summed E-state index contributed by atoms with van der Waals surface area (Å²) in [5.41, 5.74) is 3.52. The van der Waals surface area contributed by atoms with Crippen molar-refractivity contribution >= 4 is 15.7 Å². The van der Waals surface area contributed by atoms with Crippen LogP contribution in [0.5, 0.6) is 0 Å². The van der Waals surface area contributed by atoms with Gasteiger partial charge in [-0.2, -0.15) is 0 Å². The molecule has 0 radical (unpaired) electrons. The van der Waals surface area contributed by atoms with Gasteiger partial charge in [0.15, 0.2) is 9.84 Å². The second-order valence-corrected chi connectivity index (χ2v) is 9.12. The van der Waals surface area contributed by atoms with Crippen molar-refractivity contribution in [1.82, 2.24) is 4.90 Å². The van der Waals surface area contributed by atoms with Crippen molar-refractivity contribution in [3.05, 3.63) is 71.3 Å². The number of carbonyl (C=O) groups excluding carboxylic acids is 1. The Balaban J connectivity index is 1.55. The van der Waals surface area contributed by atoms with E-state index >= 15 is 0 Å². The van der Waals surface area contributed by atoms with E-state index in [0.717, 1.165) is 24.0 Å². The van der Waals surface area contributed by atoms with Crippen LogP contribution < -0.4 is 0 Å². The highest BCUT2D eigenvalue weighted by atomic mass is 32.2. The Bertz CT molecular complexity index is 862.